The average molecular weight is 239 g/mol. The normalized spacial score (nSPS) is 17.0. The van der Waals surface area contributed by atoms with Gasteiger partial charge in [-0.3, -0.25) is 9.69 Å². The molecular formula is C12H17NO4. The van der Waals surface area contributed by atoms with Crippen molar-refractivity contribution < 1.29 is 18.7 Å². The summed E-state index contributed by atoms with van der Waals surface area (Å²) in [6.45, 7) is 5.79. The first-order chi connectivity index (χ1) is 8.24. The van der Waals surface area contributed by atoms with Crippen LogP contribution in [0.2, 0.25) is 0 Å². The number of hydrogen-bond donors (Lipinski definition) is 0. The second-order valence-corrected chi connectivity index (χ2v) is 4.04. The molecular weight excluding hydrogens is 222 g/mol. The van der Waals surface area contributed by atoms with E-state index in [4.69, 9.17) is 13.9 Å². The first kappa shape index (κ1) is 12.1. The van der Waals surface area contributed by atoms with Crippen LogP contribution in [0.15, 0.2) is 16.5 Å². The van der Waals surface area contributed by atoms with E-state index in [-0.39, 0.29) is 12.6 Å². The summed E-state index contributed by atoms with van der Waals surface area (Å²) in [4.78, 5) is 12.9. The first-order valence-electron chi connectivity index (χ1n) is 5.75. The highest BCUT2D eigenvalue weighted by molar-refractivity contribution is 5.65. The van der Waals surface area contributed by atoms with E-state index in [1.165, 1.54) is 6.92 Å². The van der Waals surface area contributed by atoms with Crippen LogP contribution in [0.3, 0.4) is 0 Å². The van der Waals surface area contributed by atoms with Crippen LogP contribution >= 0.6 is 0 Å². The van der Waals surface area contributed by atoms with Gasteiger partial charge in [0.1, 0.15) is 18.1 Å². The molecule has 1 saturated heterocycles. The van der Waals surface area contributed by atoms with Crippen LogP contribution in [-0.4, -0.2) is 37.2 Å². The molecule has 1 aromatic rings. The quantitative estimate of drug-likeness (QED) is 0.738. The van der Waals surface area contributed by atoms with Crippen LogP contribution in [-0.2, 0) is 27.4 Å². The summed E-state index contributed by atoms with van der Waals surface area (Å²) in [6, 6.07) is 3.77. The minimum absolute atomic E-state index is 0.207. The van der Waals surface area contributed by atoms with Crippen LogP contribution in [0.5, 0.6) is 0 Å². The van der Waals surface area contributed by atoms with E-state index < -0.39 is 0 Å². The van der Waals surface area contributed by atoms with Crippen molar-refractivity contribution in [3.63, 3.8) is 0 Å². The molecule has 1 fully saturated rings. The van der Waals surface area contributed by atoms with Crippen molar-refractivity contribution in [2.24, 2.45) is 0 Å². The monoisotopic (exact) mass is 239 g/mol. The molecule has 0 bridgehead atoms. The van der Waals surface area contributed by atoms with Crippen LogP contribution in [0.1, 0.15) is 18.4 Å². The van der Waals surface area contributed by atoms with Crippen molar-refractivity contribution in [1.82, 2.24) is 4.90 Å². The molecule has 0 spiro atoms. The molecule has 0 radical (unpaired) electrons. The number of ether oxygens (including phenoxy) is 2. The number of hydrogen-bond acceptors (Lipinski definition) is 5. The Hall–Kier alpha value is -1.33. The van der Waals surface area contributed by atoms with Gasteiger partial charge in [0.15, 0.2) is 0 Å². The highest BCUT2D eigenvalue weighted by Gasteiger charge is 2.12. The van der Waals surface area contributed by atoms with E-state index in [1.54, 1.807) is 0 Å². The van der Waals surface area contributed by atoms with Gasteiger partial charge in [0.25, 0.3) is 0 Å². The molecule has 94 valence electrons. The van der Waals surface area contributed by atoms with Gasteiger partial charge in [-0.15, -0.1) is 0 Å². The maximum absolute atomic E-state index is 10.7. The molecule has 2 rings (SSSR count). The van der Waals surface area contributed by atoms with Crippen LogP contribution in [0, 0.1) is 0 Å². The largest absolute Gasteiger partial charge is 0.461 e. The van der Waals surface area contributed by atoms with Gasteiger partial charge < -0.3 is 13.9 Å². The molecule has 5 nitrogen and oxygen atoms in total. The molecule has 2 heterocycles. The van der Waals surface area contributed by atoms with Gasteiger partial charge in [-0.25, -0.2) is 0 Å². The first-order valence-corrected chi connectivity index (χ1v) is 5.75. The fourth-order valence-corrected chi connectivity index (χ4v) is 1.74. The number of rotatable bonds is 4. The number of morpholine rings is 1. The summed E-state index contributed by atoms with van der Waals surface area (Å²) < 4.78 is 15.7. The third-order valence-corrected chi connectivity index (χ3v) is 2.62. The minimum atomic E-state index is -0.295. The van der Waals surface area contributed by atoms with Gasteiger partial charge >= 0.3 is 5.97 Å². The molecule has 17 heavy (non-hydrogen) atoms. The van der Waals surface area contributed by atoms with Gasteiger partial charge in [0.2, 0.25) is 0 Å². The number of carbonyl (C=O) groups excluding carboxylic acids is 1. The Morgan fingerprint density at radius 1 is 1.35 bits per heavy atom. The maximum Gasteiger partial charge on any atom is 0.303 e. The lowest BCUT2D eigenvalue weighted by Crippen LogP contribution is -2.35. The number of esters is 1. The Kier molecular flexibility index (Phi) is 4.17. The lowest BCUT2D eigenvalue weighted by molar-refractivity contribution is -0.142. The molecule has 0 saturated carbocycles. The molecule has 0 amide bonds. The molecule has 1 aliphatic heterocycles. The number of carbonyl (C=O) groups is 1. The molecule has 0 aromatic carbocycles. The molecule has 0 unspecified atom stereocenters. The molecule has 0 N–H and O–H groups in total. The van der Waals surface area contributed by atoms with E-state index in [1.807, 2.05) is 12.1 Å². The topological polar surface area (TPSA) is 51.9 Å². The fourth-order valence-electron chi connectivity index (χ4n) is 1.74. The van der Waals surface area contributed by atoms with E-state index in [9.17, 15) is 4.79 Å². The van der Waals surface area contributed by atoms with Gasteiger partial charge in [-0.2, -0.15) is 0 Å². The molecule has 0 aliphatic carbocycles. The van der Waals surface area contributed by atoms with Gasteiger partial charge in [-0.1, -0.05) is 0 Å². The second-order valence-electron chi connectivity index (χ2n) is 4.04. The highest BCUT2D eigenvalue weighted by Crippen LogP contribution is 2.12. The zero-order valence-electron chi connectivity index (χ0n) is 9.98. The van der Waals surface area contributed by atoms with Crippen molar-refractivity contribution >= 4 is 5.97 Å². The molecule has 5 heteroatoms. The van der Waals surface area contributed by atoms with Crippen LogP contribution < -0.4 is 0 Å². The van der Waals surface area contributed by atoms with Gasteiger partial charge in [0, 0.05) is 20.0 Å². The fraction of sp³-hybridized carbons (Fsp3) is 0.583. The SMILES string of the molecule is CC(=O)OCc1ccc(CN2CCOCC2)o1. The predicted octanol–water partition coefficient (Wildman–Crippen LogP) is 1.17. The summed E-state index contributed by atoms with van der Waals surface area (Å²) >= 11 is 0. The van der Waals surface area contributed by atoms with E-state index in [2.05, 4.69) is 4.90 Å². The summed E-state index contributed by atoms with van der Waals surface area (Å²) in [5, 5.41) is 0. The summed E-state index contributed by atoms with van der Waals surface area (Å²) in [5.74, 6) is 1.29. The van der Waals surface area contributed by atoms with Gasteiger partial charge in [0.05, 0.1) is 19.8 Å². The Labute approximate surface area is 100 Å². The maximum atomic E-state index is 10.7. The lowest BCUT2D eigenvalue weighted by Gasteiger charge is -2.25. The van der Waals surface area contributed by atoms with Crippen molar-refractivity contribution in [1.29, 1.82) is 0 Å². The summed E-state index contributed by atoms with van der Waals surface area (Å²) in [5.41, 5.74) is 0. The van der Waals surface area contributed by atoms with Crippen LogP contribution in [0.25, 0.3) is 0 Å². The van der Waals surface area contributed by atoms with Crippen LogP contribution in [0.4, 0.5) is 0 Å². The zero-order valence-corrected chi connectivity index (χ0v) is 9.98. The molecule has 0 atom stereocenters. The second kappa shape index (κ2) is 5.84. The highest BCUT2D eigenvalue weighted by atomic mass is 16.5. The smallest absolute Gasteiger partial charge is 0.303 e. The molecule has 1 aromatic heterocycles. The Morgan fingerprint density at radius 2 is 2.06 bits per heavy atom. The minimum Gasteiger partial charge on any atom is -0.461 e. The van der Waals surface area contributed by atoms with Gasteiger partial charge in [-0.05, 0) is 12.1 Å². The Bertz CT molecular complexity index is 368. The zero-order chi connectivity index (χ0) is 12.1. The summed E-state index contributed by atoms with van der Waals surface area (Å²) in [6.07, 6.45) is 0. The third kappa shape index (κ3) is 3.87. The summed E-state index contributed by atoms with van der Waals surface area (Å²) in [7, 11) is 0. The van der Waals surface area contributed by atoms with Crippen molar-refractivity contribution in [2.75, 3.05) is 26.3 Å². The van der Waals surface area contributed by atoms with Crippen molar-refractivity contribution in [3.05, 3.63) is 23.7 Å². The third-order valence-electron chi connectivity index (χ3n) is 2.62. The van der Waals surface area contributed by atoms with Crippen molar-refractivity contribution in [2.45, 2.75) is 20.1 Å². The Morgan fingerprint density at radius 3 is 2.76 bits per heavy atom. The Balaban J connectivity index is 1.82. The lowest BCUT2D eigenvalue weighted by atomic mass is 10.3. The molecule has 1 aliphatic rings. The standard InChI is InChI=1S/C12H17NO4/c1-10(14)16-9-12-3-2-11(17-12)8-13-4-6-15-7-5-13/h2-3H,4-9H2,1H3. The van der Waals surface area contributed by atoms with E-state index >= 15 is 0 Å². The van der Waals surface area contributed by atoms with E-state index in [0.29, 0.717) is 5.76 Å². The van der Waals surface area contributed by atoms with E-state index in [0.717, 1.165) is 38.6 Å². The number of furan rings is 1. The number of nitrogens with zero attached hydrogens (tertiary/aromatic N) is 1. The average Bonchev–Trinajstić information content (AvgIpc) is 2.75. The predicted molar refractivity (Wildman–Crippen MR) is 60.3 cm³/mol. The van der Waals surface area contributed by atoms with Crippen molar-refractivity contribution in [3.8, 4) is 0 Å².